The Labute approximate surface area is 170 Å². The van der Waals surface area contributed by atoms with E-state index in [-0.39, 0.29) is 39.6 Å². The number of anilines is 1. The Morgan fingerprint density at radius 3 is 2.48 bits per heavy atom. The fourth-order valence-electron chi connectivity index (χ4n) is 2.53. The molecule has 0 bridgehead atoms. The number of halogens is 2. The monoisotopic (exact) mass is 471 g/mol. The maximum absolute atomic E-state index is 13.5. The number of para-hydroxylation sites is 1. The largest absolute Gasteiger partial charge is 0.459 e. The molecule has 0 amide bonds. The Morgan fingerprint density at radius 2 is 1.85 bits per heavy atom. The number of alkyl halides is 1. The van der Waals surface area contributed by atoms with Gasteiger partial charge in [0.1, 0.15) is 6.26 Å². The standard InChI is InChI=1S/C18H15BrClNO5S/c1-12(19)18(22)13-6-2-5-9-16(13)27(23,24)21(17-10-25-11-26-17)15-8-4-3-7-14(15)20/h2-10,12H,11H2,1H3. The van der Waals surface area contributed by atoms with Crippen LogP contribution in [-0.2, 0) is 19.5 Å². The molecule has 2 aromatic carbocycles. The maximum Gasteiger partial charge on any atom is 0.271 e. The van der Waals surface area contributed by atoms with Gasteiger partial charge in [-0.05, 0) is 31.2 Å². The van der Waals surface area contributed by atoms with Crippen molar-refractivity contribution in [1.82, 2.24) is 0 Å². The van der Waals surface area contributed by atoms with E-state index in [2.05, 4.69) is 15.9 Å². The van der Waals surface area contributed by atoms with Crippen molar-refractivity contribution in [1.29, 1.82) is 0 Å². The highest BCUT2D eigenvalue weighted by Crippen LogP contribution is 2.36. The molecule has 27 heavy (non-hydrogen) atoms. The molecule has 1 aliphatic rings. The third kappa shape index (κ3) is 3.83. The minimum atomic E-state index is -4.24. The van der Waals surface area contributed by atoms with E-state index >= 15 is 0 Å². The molecule has 0 aliphatic carbocycles. The van der Waals surface area contributed by atoms with Crippen LogP contribution in [0.3, 0.4) is 0 Å². The van der Waals surface area contributed by atoms with Crippen LogP contribution in [0.4, 0.5) is 5.69 Å². The Kier molecular flexibility index (Phi) is 5.78. The molecule has 2 aromatic rings. The number of hydrogen-bond donors (Lipinski definition) is 0. The van der Waals surface area contributed by atoms with E-state index in [4.69, 9.17) is 21.1 Å². The number of ether oxygens (including phenoxy) is 2. The van der Waals surface area contributed by atoms with Crippen LogP contribution >= 0.6 is 27.5 Å². The lowest BCUT2D eigenvalue weighted by atomic mass is 10.1. The highest BCUT2D eigenvalue weighted by molar-refractivity contribution is 9.10. The summed E-state index contributed by atoms with van der Waals surface area (Å²) in [7, 11) is -4.24. The van der Waals surface area contributed by atoms with E-state index in [1.165, 1.54) is 18.4 Å². The average Bonchev–Trinajstić information content (AvgIpc) is 3.16. The number of rotatable bonds is 6. The van der Waals surface area contributed by atoms with Crippen molar-refractivity contribution in [3.63, 3.8) is 0 Å². The highest BCUT2D eigenvalue weighted by Gasteiger charge is 2.35. The predicted octanol–water partition coefficient (Wildman–Crippen LogP) is 4.30. The molecule has 9 heteroatoms. The van der Waals surface area contributed by atoms with Crippen molar-refractivity contribution < 1.29 is 22.7 Å². The number of carbonyl (C=O) groups is 1. The summed E-state index contributed by atoms with van der Waals surface area (Å²) in [5, 5.41) is 0.204. The van der Waals surface area contributed by atoms with Crippen molar-refractivity contribution in [2.75, 3.05) is 11.1 Å². The Hall–Kier alpha value is -2.03. The van der Waals surface area contributed by atoms with Crippen molar-refractivity contribution in [3.05, 3.63) is 71.3 Å². The molecule has 1 atom stereocenters. The molecule has 0 saturated carbocycles. The fourth-order valence-corrected chi connectivity index (χ4v) is 4.69. The molecule has 0 N–H and O–H groups in total. The number of benzene rings is 2. The zero-order chi connectivity index (χ0) is 19.6. The second-order valence-electron chi connectivity index (χ2n) is 5.58. The molecular formula is C18H15BrClNO5S. The first-order chi connectivity index (χ1) is 12.8. The normalized spacial score (nSPS) is 14.7. The van der Waals surface area contributed by atoms with E-state index in [9.17, 15) is 13.2 Å². The minimum Gasteiger partial charge on any atom is -0.459 e. The van der Waals surface area contributed by atoms with E-state index in [0.29, 0.717) is 0 Å². The summed E-state index contributed by atoms with van der Waals surface area (Å²) in [5.74, 6) is -0.400. The Bertz CT molecular complexity index is 1010. The van der Waals surface area contributed by atoms with Crippen LogP contribution < -0.4 is 4.31 Å². The molecule has 0 radical (unpaired) electrons. The summed E-state index contributed by atoms with van der Waals surface area (Å²) in [6.45, 7) is 1.51. The lowest BCUT2D eigenvalue weighted by molar-refractivity contribution is 0.0804. The zero-order valence-electron chi connectivity index (χ0n) is 14.1. The van der Waals surface area contributed by atoms with Crippen LogP contribution in [0.2, 0.25) is 5.02 Å². The summed E-state index contributed by atoms with van der Waals surface area (Å²) < 4.78 is 38.4. The fraction of sp³-hybridized carbons (Fsp3) is 0.167. The van der Waals surface area contributed by atoms with Gasteiger partial charge in [-0.1, -0.05) is 51.8 Å². The van der Waals surface area contributed by atoms with Gasteiger partial charge in [0.05, 0.1) is 20.4 Å². The van der Waals surface area contributed by atoms with Gasteiger partial charge in [-0.15, -0.1) is 0 Å². The molecule has 6 nitrogen and oxygen atoms in total. The number of hydrogen-bond acceptors (Lipinski definition) is 5. The van der Waals surface area contributed by atoms with E-state index in [0.717, 1.165) is 4.31 Å². The molecule has 1 heterocycles. The molecule has 0 saturated heterocycles. The summed E-state index contributed by atoms with van der Waals surface area (Å²) in [6.07, 6.45) is 1.19. The second-order valence-corrected chi connectivity index (χ2v) is 9.12. The van der Waals surface area contributed by atoms with Gasteiger partial charge in [-0.3, -0.25) is 4.79 Å². The predicted molar refractivity (Wildman–Crippen MR) is 105 cm³/mol. The van der Waals surface area contributed by atoms with Gasteiger partial charge in [0.15, 0.2) is 5.78 Å². The molecule has 142 valence electrons. The number of carbonyl (C=O) groups excluding carboxylic acids is 1. The molecule has 1 aliphatic heterocycles. The molecule has 0 spiro atoms. The minimum absolute atomic E-state index is 0.0442. The van der Waals surface area contributed by atoms with Crippen LogP contribution in [0.5, 0.6) is 0 Å². The number of nitrogens with zero attached hydrogens (tertiary/aromatic N) is 1. The van der Waals surface area contributed by atoms with Gasteiger partial charge in [-0.2, -0.15) is 4.31 Å². The van der Waals surface area contributed by atoms with Crippen LogP contribution in [0.25, 0.3) is 0 Å². The van der Waals surface area contributed by atoms with Gasteiger partial charge in [0.2, 0.25) is 12.7 Å². The van der Waals surface area contributed by atoms with Crippen molar-refractivity contribution in [2.45, 2.75) is 16.6 Å². The zero-order valence-corrected chi connectivity index (χ0v) is 17.3. The summed E-state index contributed by atoms with van der Waals surface area (Å²) in [5.41, 5.74) is 0.253. The van der Waals surface area contributed by atoms with Gasteiger partial charge >= 0.3 is 0 Å². The van der Waals surface area contributed by atoms with Gasteiger partial charge in [0, 0.05) is 5.56 Å². The maximum atomic E-state index is 13.5. The van der Waals surface area contributed by atoms with Gasteiger partial charge < -0.3 is 9.47 Å². The first-order valence-electron chi connectivity index (χ1n) is 7.86. The van der Waals surface area contributed by atoms with Crippen LogP contribution in [0, 0.1) is 0 Å². The highest BCUT2D eigenvalue weighted by atomic mass is 79.9. The average molecular weight is 473 g/mol. The molecular weight excluding hydrogens is 458 g/mol. The Balaban J connectivity index is 2.22. The molecule has 1 unspecified atom stereocenters. The SMILES string of the molecule is CC(Br)C(=O)c1ccccc1S(=O)(=O)N(C1=COCO1)c1ccccc1Cl. The van der Waals surface area contributed by atoms with E-state index in [1.54, 1.807) is 43.3 Å². The van der Waals surface area contributed by atoms with Gasteiger partial charge in [-0.25, -0.2) is 8.42 Å². The van der Waals surface area contributed by atoms with E-state index < -0.39 is 14.9 Å². The van der Waals surface area contributed by atoms with Crippen molar-refractivity contribution in [3.8, 4) is 0 Å². The Morgan fingerprint density at radius 1 is 1.19 bits per heavy atom. The van der Waals surface area contributed by atoms with Crippen LogP contribution in [0.15, 0.2) is 65.6 Å². The lowest BCUT2D eigenvalue weighted by Gasteiger charge is -2.25. The first kappa shape index (κ1) is 19.7. The third-order valence-corrected chi connectivity index (χ3v) is 6.27. The van der Waals surface area contributed by atoms with Crippen molar-refractivity contribution in [2.24, 2.45) is 0 Å². The number of sulfonamides is 1. The smallest absolute Gasteiger partial charge is 0.271 e. The lowest BCUT2D eigenvalue weighted by Crippen LogP contribution is -2.32. The van der Waals surface area contributed by atoms with Crippen molar-refractivity contribution >= 4 is 49.0 Å². The van der Waals surface area contributed by atoms with E-state index in [1.807, 2.05) is 0 Å². The van der Waals surface area contributed by atoms with Crippen LogP contribution in [-0.4, -0.2) is 25.8 Å². The first-order valence-corrected chi connectivity index (χ1v) is 10.6. The molecule has 0 fully saturated rings. The van der Waals surface area contributed by atoms with Gasteiger partial charge in [0.25, 0.3) is 10.0 Å². The van der Waals surface area contributed by atoms with Crippen LogP contribution in [0.1, 0.15) is 17.3 Å². The topological polar surface area (TPSA) is 72.9 Å². The molecule has 0 aromatic heterocycles. The summed E-state index contributed by atoms with van der Waals surface area (Å²) in [6, 6.07) is 12.4. The third-order valence-electron chi connectivity index (χ3n) is 3.76. The molecule has 3 rings (SSSR count). The summed E-state index contributed by atoms with van der Waals surface area (Å²) >= 11 is 9.44. The number of Topliss-reactive ketones (excluding diaryl/α,β-unsaturated/α-hetero) is 1. The second kappa shape index (κ2) is 7.92. The number of ketones is 1. The summed E-state index contributed by atoms with van der Waals surface area (Å²) in [4.78, 5) is 11.8. The quantitative estimate of drug-likeness (QED) is 0.463.